The van der Waals surface area contributed by atoms with Crippen LogP contribution in [0.4, 0.5) is 5.69 Å². The first-order chi connectivity index (χ1) is 20.5. The van der Waals surface area contributed by atoms with Crippen LogP contribution in [0.5, 0.6) is 5.75 Å². The molecule has 0 radical (unpaired) electrons. The highest BCUT2D eigenvalue weighted by Crippen LogP contribution is 2.31. The van der Waals surface area contributed by atoms with Crippen LogP contribution in [0.2, 0.25) is 0 Å². The summed E-state index contributed by atoms with van der Waals surface area (Å²) < 4.78 is 0. The summed E-state index contributed by atoms with van der Waals surface area (Å²) in [6, 6.07) is 20.4. The lowest BCUT2D eigenvalue weighted by molar-refractivity contribution is -0.121. The zero-order valence-electron chi connectivity index (χ0n) is 24.1. The standard InChI is InChI=1S/C34H40N4O4/c39-31-15-10-25-16-18-35-32(40)9-5-21-38(34(42)26-11-13-29(14-12-26)37-19-2-1-3-20-37)22-6-17-36-33(41)28-8-4-7-27(24-28)30(31)23-25/h4,7-8,10-15,23-24,39H,1-3,5-6,9,16-22H2,(H,35,40)(H,36,41). The van der Waals surface area contributed by atoms with Crippen molar-refractivity contribution >= 4 is 23.4 Å². The van der Waals surface area contributed by atoms with E-state index in [1.165, 1.54) is 19.3 Å². The molecule has 0 aromatic heterocycles. The van der Waals surface area contributed by atoms with Crippen molar-refractivity contribution in [3.05, 3.63) is 83.4 Å². The van der Waals surface area contributed by atoms with Gasteiger partial charge in [-0.25, -0.2) is 0 Å². The smallest absolute Gasteiger partial charge is 0.253 e. The number of nitrogens with zero attached hydrogens (tertiary/aromatic N) is 2. The van der Waals surface area contributed by atoms with Gasteiger partial charge in [-0.2, -0.15) is 0 Å². The second-order valence-electron chi connectivity index (χ2n) is 11.1. The highest BCUT2D eigenvalue weighted by atomic mass is 16.3. The Kier molecular flexibility index (Phi) is 9.74. The minimum absolute atomic E-state index is 0.0508. The Morgan fingerprint density at radius 1 is 0.714 bits per heavy atom. The summed E-state index contributed by atoms with van der Waals surface area (Å²) in [4.78, 5) is 43.2. The zero-order valence-corrected chi connectivity index (χ0v) is 24.1. The fraction of sp³-hybridized carbons (Fsp3) is 0.382. The molecule has 2 heterocycles. The lowest BCUT2D eigenvalue weighted by Crippen LogP contribution is -2.36. The molecule has 3 N–H and O–H groups in total. The lowest BCUT2D eigenvalue weighted by Gasteiger charge is -2.29. The third kappa shape index (κ3) is 7.49. The highest BCUT2D eigenvalue weighted by molar-refractivity contribution is 5.96. The number of carbonyl (C=O) groups is 3. The van der Waals surface area contributed by atoms with E-state index in [1.807, 2.05) is 42.5 Å². The Labute approximate surface area is 247 Å². The number of fused-ring (bicyclic) bond motifs is 5. The number of nitrogens with one attached hydrogen (secondary N) is 2. The fourth-order valence-corrected chi connectivity index (χ4v) is 5.70. The van der Waals surface area contributed by atoms with Gasteiger partial charge >= 0.3 is 0 Å². The molecule has 8 heteroatoms. The average Bonchev–Trinajstić information content (AvgIpc) is 3.02. The number of carbonyl (C=O) groups excluding carboxylic acids is 3. The molecule has 4 bridgehead atoms. The van der Waals surface area contributed by atoms with Crippen LogP contribution in [0.1, 0.15) is 64.8 Å². The lowest BCUT2D eigenvalue weighted by atomic mass is 9.98. The number of hydrogen-bond donors (Lipinski definition) is 3. The Morgan fingerprint density at radius 2 is 1.48 bits per heavy atom. The molecule has 0 atom stereocenters. The Balaban J connectivity index is 1.29. The third-order valence-electron chi connectivity index (χ3n) is 8.08. The largest absolute Gasteiger partial charge is 0.507 e. The van der Waals surface area contributed by atoms with E-state index in [0.29, 0.717) is 68.6 Å². The molecular weight excluding hydrogens is 528 g/mol. The predicted molar refractivity (Wildman–Crippen MR) is 165 cm³/mol. The fourth-order valence-electron chi connectivity index (χ4n) is 5.70. The van der Waals surface area contributed by atoms with Gasteiger partial charge in [-0.15, -0.1) is 0 Å². The topological polar surface area (TPSA) is 102 Å². The van der Waals surface area contributed by atoms with Crippen molar-refractivity contribution in [3.8, 4) is 16.9 Å². The quantitative estimate of drug-likeness (QED) is 0.414. The SMILES string of the molecule is O=C1CCCN(C(=O)c2ccc(N3CCCCC3)cc2)CCCNC(=O)c2cccc(c2)-c2cc(ccc2O)CCN1. The highest BCUT2D eigenvalue weighted by Gasteiger charge is 2.18. The molecular formula is C34H40N4O4. The molecule has 3 aromatic carbocycles. The molecule has 3 amide bonds. The summed E-state index contributed by atoms with van der Waals surface area (Å²) in [7, 11) is 0. The molecule has 2 aliphatic heterocycles. The number of phenolic OH excluding ortho intramolecular Hbond substituents is 1. The van der Waals surface area contributed by atoms with Gasteiger partial charge in [0.25, 0.3) is 11.8 Å². The predicted octanol–water partition coefficient (Wildman–Crippen LogP) is 4.76. The monoisotopic (exact) mass is 568 g/mol. The van der Waals surface area contributed by atoms with E-state index in [4.69, 9.17) is 0 Å². The van der Waals surface area contributed by atoms with Crippen molar-refractivity contribution < 1.29 is 19.5 Å². The van der Waals surface area contributed by atoms with E-state index in [1.54, 1.807) is 29.2 Å². The van der Waals surface area contributed by atoms with Gasteiger partial charge < -0.3 is 25.5 Å². The second-order valence-corrected chi connectivity index (χ2v) is 11.1. The normalized spacial score (nSPS) is 17.3. The number of hydrogen-bond acceptors (Lipinski definition) is 5. The number of benzene rings is 3. The van der Waals surface area contributed by atoms with Crippen LogP contribution in [-0.4, -0.2) is 67.0 Å². The van der Waals surface area contributed by atoms with E-state index in [-0.39, 0.29) is 23.5 Å². The first-order valence-corrected chi connectivity index (χ1v) is 15.1. The molecule has 0 unspecified atom stereocenters. The Hall–Kier alpha value is -4.33. The van der Waals surface area contributed by atoms with E-state index in [2.05, 4.69) is 15.5 Å². The van der Waals surface area contributed by atoms with Crippen molar-refractivity contribution in [2.75, 3.05) is 44.2 Å². The number of rotatable bonds is 2. The van der Waals surface area contributed by atoms with Crippen molar-refractivity contribution in [2.24, 2.45) is 0 Å². The van der Waals surface area contributed by atoms with Gasteiger partial charge in [-0.3, -0.25) is 14.4 Å². The molecule has 220 valence electrons. The molecule has 2 aliphatic rings. The van der Waals surface area contributed by atoms with Crippen molar-refractivity contribution in [2.45, 2.75) is 44.9 Å². The van der Waals surface area contributed by atoms with Gasteiger partial charge in [0.15, 0.2) is 0 Å². The summed E-state index contributed by atoms with van der Waals surface area (Å²) in [5.41, 5.74) is 4.64. The molecule has 1 saturated heterocycles. The van der Waals surface area contributed by atoms with Gasteiger partial charge in [0.05, 0.1) is 0 Å². The zero-order chi connectivity index (χ0) is 29.3. The Morgan fingerprint density at radius 3 is 2.29 bits per heavy atom. The number of piperidine rings is 1. The molecule has 0 saturated carbocycles. The summed E-state index contributed by atoms with van der Waals surface area (Å²) in [6.07, 6.45) is 5.72. The van der Waals surface area contributed by atoms with Crippen LogP contribution in [0.15, 0.2) is 66.7 Å². The number of anilines is 1. The Bertz CT molecular complexity index is 1400. The van der Waals surface area contributed by atoms with Gasteiger partial charge in [-0.05, 0) is 98.2 Å². The van der Waals surface area contributed by atoms with Gasteiger partial charge in [0, 0.05) is 68.1 Å². The van der Waals surface area contributed by atoms with E-state index >= 15 is 0 Å². The summed E-state index contributed by atoms with van der Waals surface area (Å²) in [5, 5.41) is 16.5. The average molecular weight is 569 g/mol. The molecule has 5 rings (SSSR count). The number of phenols is 1. The molecule has 3 aromatic rings. The summed E-state index contributed by atoms with van der Waals surface area (Å²) in [6.45, 7) is 3.89. The van der Waals surface area contributed by atoms with Crippen molar-refractivity contribution in [3.63, 3.8) is 0 Å². The van der Waals surface area contributed by atoms with Crippen molar-refractivity contribution in [1.82, 2.24) is 15.5 Å². The summed E-state index contributed by atoms with van der Waals surface area (Å²) >= 11 is 0. The third-order valence-corrected chi connectivity index (χ3v) is 8.08. The van der Waals surface area contributed by atoms with Gasteiger partial charge in [-0.1, -0.05) is 18.2 Å². The van der Waals surface area contributed by atoms with E-state index in [0.717, 1.165) is 29.9 Å². The number of aromatic hydroxyl groups is 1. The maximum atomic E-state index is 13.5. The first-order valence-electron chi connectivity index (χ1n) is 15.1. The van der Waals surface area contributed by atoms with E-state index in [9.17, 15) is 19.5 Å². The van der Waals surface area contributed by atoms with Crippen LogP contribution in [0.25, 0.3) is 11.1 Å². The summed E-state index contributed by atoms with van der Waals surface area (Å²) in [5.74, 6) is -0.182. The molecule has 0 aliphatic carbocycles. The van der Waals surface area contributed by atoms with Crippen LogP contribution >= 0.6 is 0 Å². The van der Waals surface area contributed by atoms with E-state index < -0.39 is 0 Å². The van der Waals surface area contributed by atoms with Crippen LogP contribution in [0.3, 0.4) is 0 Å². The molecule has 0 spiro atoms. The van der Waals surface area contributed by atoms with Crippen LogP contribution in [0, 0.1) is 0 Å². The number of amides is 3. The van der Waals surface area contributed by atoms with Gasteiger partial charge in [0.1, 0.15) is 5.75 Å². The first kappa shape index (κ1) is 29.2. The molecule has 8 nitrogen and oxygen atoms in total. The minimum Gasteiger partial charge on any atom is -0.507 e. The maximum Gasteiger partial charge on any atom is 0.253 e. The second kappa shape index (κ2) is 14.0. The van der Waals surface area contributed by atoms with Crippen LogP contribution in [-0.2, 0) is 11.2 Å². The minimum atomic E-state index is -0.202. The molecule has 1 fully saturated rings. The van der Waals surface area contributed by atoms with Crippen LogP contribution < -0.4 is 15.5 Å². The van der Waals surface area contributed by atoms with Gasteiger partial charge in [0.2, 0.25) is 5.91 Å². The molecule has 42 heavy (non-hydrogen) atoms. The van der Waals surface area contributed by atoms with Crippen molar-refractivity contribution in [1.29, 1.82) is 0 Å². The maximum absolute atomic E-state index is 13.5.